The van der Waals surface area contributed by atoms with Gasteiger partial charge in [0.15, 0.2) is 0 Å². The quantitative estimate of drug-likeness (QED) is 0.740. The van der Waals surface area contributed by atoms with E-state index < -0.39 is 0 Å². The summed E-state index contributed by atoms with van der Waals surface area (Å²) in [7, 11) is 0. The maximum Gasteiger partial charge on any atom is 0.254 e. The molecule has 2 amide bonds. The molecule has 0 aliphatic carbocycles. The van der Waals surface area contributed by atoms with Crippen molar-refractivity contribution in [3.8, 4) is 0 Å². The highest BCUT2D eigenvalue weighted by Crippen LogP contribution is 2.17. The van der Waals surface area contributed by atoms with Gasteiger partial charge in [0.05, 0.1) is 6.54 Å². The van der Waals surface area contributed by atoms with Crippen LogP contribution < -0.4 is 10.6 Å². The van der Waals surface area contributed by atoms with Crippen LogP contribution in [0.4, 0.5) is 0 Å². The van der Waals surface area contributed by atoms with Crippen molar-refractivity contribution in [2.45, 2.75) is 13.0 Å². The van der Waals surface area contributed by atoms with Crippen LogP contribution in [0.5, 0.6) is 0 Å². The first-order valence-electron chi connectivity index (χ1n) is 6.62. The molecule has 0 atom stereocenters. The maximum absolute atomic E-state index is 12.4. The fraction of sp³-hybridized carbons (Fsp3) is 0.429. The van der Waals surface area contributed by atoms with Gasteiger partial charge in [-0.2, -0.15) is 0 Å². The summed E-state index contributed by atoms with van der Waals surface area (Å²) in [6.07, 6.45) is 1.01. The molecule has 0 unspecified atom stereocenters. The van der Waals surface area contributed by atoms with Crippen molar-refractivity contribution < 1.29 is 9.59 Å². The van der Waals surface area contributed by atoms with Crippen molar-refractivity contribution in [2.75, 3.05) is 26.2 Å². The summed E-state index contributed by atoms with van der Waals surface area (Å²) in [5, 5.41) is 6.03. The number of nitrogens with one attached hydrogen (secondary N) is 2. The highest BCUT2D eigenvalue weighted by Gasteiger charge is 2.23. The standard InChI is InChI=1S/C14H17N3O2/c18-13-9-17(6-5-16-13)14(19)11-2-1-10-3-4-15-8-12(10)7-11/h1-2,7,15H,3-6,8-9H2,(H,16,18). The van der Waals surface area contributed by atoms with Gasteiger partial charge in [-0.15, -0.1) is 0 Å². The first-order valence-corrected chi connectivity index (χ1v) is 6.62. The van der Waals surface area contributed by atoms with Crippen LogP contribution >= 0.6 is 0 Å². The summed E-state index contributed by atoms with van der Waals surface area (Å²) in [6.45, 7) is 3.09. The lowest BCUT2D eigenvalue weighted by Gasteiger charge is -2.27. The molecule has 0 aromatic heterocycles. The van der Waals surface area contributed by atoms with Crippen LogP contribution in [0, 0.1) is 0 Å². The fourth-order valence-electron chi connectivity index (χ4n) is 2.61. The molecule has 0 radical (unpaired) electrons. The first-order chi connectivity index (χ1) is 9.24. The van der Waals surface area contributed by atoms with E-state index >= 15 is 0 Å². The molecule has 2 aliphatic rings. The molecule has 100 valence electrons. The number of fused-ring (bicyclic) bond motifs is 1. The van der Waals surface area contributed by atoms with Gasteiger partial charge in [0.25, 0.3) is 5.91 Å². The summed E-state index contributed by atoms with van der Waals surface area (Å²) >= 11 is 0. The predicted molar refractivity (Wildman–Crippen MR) is 70.8 cm³/mol. The van der Waals surface area contributed by atoms with Gasteiger partial charge < -0.3 is 15.5 Å². The van der Waals surface area contributed by atoms with Gasteiger partial charge in [0, 0.05) is 25.2 Å². The summed E-state index contributed by atoms with van der Waals surface area (Å²) in [4.78, 5) is 25.3. The maximum atomic E-state index is 12.4. The van der Waals surface area contributed by atoms with Gasteiger partial charge in [-0.25, -0.2) is 0 Å². The summed E-state index contributed by atoms with van der Waals surface area (Å²) in [6, 6.07) is 5.86. The fourth-order valence-corrected chi connectivity index (χ4v) is 2.61. The molecule has 19 heavy (non-hydrogen) atoms. The third-order valence-electron chi connectivity index (χ3n) is 3.67. The molecule has 1 fully saturated rings. The normalized spacial score (nSPS) is 18.7. The lowest BCUT2D eigenvalue weighted by molar-refractivity contribution is -0.123. The van der Waals surface area contributed by atoms with Gasteiger partial charge in [-0.05, 0) is 36.2 Å². The Morgan fingerprint density at radius 3 is 2.95 bits per heavy atom. The zero-order valence-corrected chi connectivity index (χ0v) is 10.7. The van der Waals surface area contributed by atoms with Crippen molar-refractivity contribution in [3.63, 3.8) is 0 Å². The lowest BCUT2D eigenvalue weighted by atomic mass is 9.98. The number of benzene rings is 1. The molecular weight excluding hydrogens is 242 g/mol. The summed E-state index contributed by atoms with van der Waals surface area (Å²) in [5.41, 5.74) is 3.18. The average Bonchev–Trinajstić information content (AvgIpc) is 2.46. The van der Waals surface area contributed by atoms with Crippen molar-refractivity contribution in [1.82, 2.24) is 15.5 Å². The molecule has 0 bridgehead atoms. The summed E-state index contributed by atoms with van der Waals surface area (Å²) < 4.78 is 0. The predicted octanol–water partition coefficient (Wildman–Crippen LogP) is -0.0957. The second-order valence-corrected chi connectivity index (χ2v) is 4.99. The molecule has 1 aromatic rings. The number of hydrogen-bond acceptors (Lipinski definition) is 3. The number of carbonyl (C=O) groups is 2. The number of nitrogens with zero attached hydrogens (tertiary/aromatic N) is 1. The number of rotatable bonds is 1. The summed E-state index contributed by atoms with van der Waals surface area (Å²) in [5.74, 6) is -0.137. The highest BCUT2D eigenvalue weighted by molar-refractivity contribution is 5.97. The average molecular weight is 259 g/mol. The Bertz CT molecular complexity index is 527. The first kappa shape index (κ1) is 12.2. The second-order valence-electron chi connectivity index (χ2n) is 4.99. The minimum absolute atomic E-state index is 0.0526. The van der Waals surface area contributed by atoms with Crippen LogP contribution in [-0.2, 0) is 17.8 Å². The van der Waals surface area contributed by atoms with Crippen LogP contribution in [0.25, 0.3) is 0 Å². The molecule has 2 heterocycles. The Labute approximate surface area is 112 Å². The molecule has 5 nitrogen and oxygen atoms in total. The smallest absolute Gasteiger partial charge is 0.254 e. The minimum Gasteiger partial charge on any atom is -0.353 e. The Hall–Kier alpha value is -1.88. The number of amides is 2. The molecule has 2 aliphatic heterocycles. The lowest BCUT2D eigenvalue weighted by Crippen LogP contribution is -2.50. The minimum atomic E-state index is -0.0840. The van der Waals surface area contributed by atoms with Crippen molar-refractivity contribution in [2.24, 2.45) is 0 Å². The SMILES string of the molecule is O=C1CN(C(=O)c2ccc3c(c2)CNCC3)CCN1. The Morgan fingerprint density at radius 1 is 1.21 bits per heavy atom. The molecule has 5 heteroatoms. The van der Waals surface area contributed by atoms with Crippen LogP contribution in [0.3, 0.4) is 0 Å². The van der Waals surface area contributed by atoms with Crippen LogP contribution in [0.15, 0.2) is 18.2 Å². The van der Waals surface area contributed by atoms with E-state index in [1.165, 1.54) is 11.1 Å². The van der Waals surface area contributed by atoms with E-state index in [1.54, 1.807) is 4.90 Å². The topological polar surface area (TPSA) is 61.4 Å². The number of piperazine rings is 1. The van der Waals surface area contributed by atoms with Crippen LogP contribution in [0.2, 0.25) is 0 Å². The Kier molecular flexibility index (Phi) is 3.21. The van der Waals surface area contributed by atoms with Crippen LogP contribution in [0.1, 0.15) is 21.5 Å². The van der Waals surface area contributed by atoms with Crippen LogP contribution in [-0.4, -0.2) is 42.9 Å². The monoisotopic (exact) mass is 259 g/mol. The van der Waals surface area contributed by atoms with E-state index in [0.29, 0.717) is 18.7 Å². The van der Waals surface area contributed by atoms with E-state index in [9.17, 15) is 9.59 Å². The second kappa shape index (κ2) is 5.01. The van der Waals surface area contributed by atoms with E-state index in [1.807, 2.05) is 18.2 Å². The largest absolute Gasteiger partial charge is 0.353 e. The van der Waals surface area contributed by atoms with E-state index in [0.717, 1.165) is 19.5 Å². The number of hydrogen-bond donors (Lipinski definition) is 2. The van der Waals surface area contributed by atoms with E-state index in [-0.39, 0.29) is 18.4 Å². The third-order valence-corrected chi connectivity index (χ3v) is 3.67. The van der Waals surface area contributed by atoms with Gasteiger partial charge in [-0.1, -0.05) is 6.07 Å². The zero-order valence-electron chi connectivity index (χ0n) is 10.7. The van der Waals surface area contributed by atoms with E-state index in [4.69, 9.17) is 0 Å². The molecule has 0 spiro atoms. The molecule has 3 rings (SSSR count). The van der Waals surface area contributed by atoms with E-state index in [2.05, 4.69) is 10.6 Å². The molecule has 1 aromatic carbocycles. The number of carbonyl (C=O) groups excluding carboxylic acids is 2. The van der Waals surface area contributed by atoms with Gasteiger partial charge >= 0.3 is 0 Å². The van der Waals surface area contributed by atoms with Crippen molar-refractivity contribution in [1.29, 1.82) is 0 Å². The Balaban J connectivity index is 1.81. The van der Waals surface area contributed by atoms with Crippen molar-refractivity contribution in [3.05, 3.63) is 34.9 Å². The third kappa shape index (κ3) is 2.46. The van der Waals surface area contributed by atoms with Crippen molar-refractivity contribution >= 4 is 11.8 Å². The van der Waals surface area contributed by atoms with Gasteiger partial charge in [0.1, 0.15) is 0 Å². The molecule has 0 saturated carbocycles. The van der Waals surface area contributed by atoms with Gasteiger partial charge in [0.2, 0.25) is 5.91 Å². The molecule has 2 N–H and O–H groups in total. The Morgan fingerprint density at radius 2 is 2.11 bits per heavy atom. The van der Waals surface area contributed by atoms with Gasteiger partial charge in [-0.3, -0.25) is 9.59 Å². The molecular formula is C14H17N3O2. The zero-order chi connectivity index (χ0) is 13.2. The highest BCUT2D eigenvalue weighted by atomic mass is 16.2. The molecule has 1 saturated heterocycles.